The van der Waals surface area contributed by atoms with Crippen molar-refractivity contribution in [2.45, 2.75) is 33.1 Å². The lowest BCUT2D eigenvalue weighted by Crippen LogP contribution is -2.27. The number of nitrogens with zero attached hydrogens (tertiary/aromatic N) is 2. The molecule has 3 aromatic rings. The highest BCUT2D eigenvalue weighted by molar-refractivity contribution is 5.78. The van der Waals surface area contributed by atoms with Gasteiger partial charge in [0.2, 0.25) is 5.91 Å². The van der Waals surface area contributed by atoms with Crippen molar-refractivity contribution in [3.63, 3.8) is 0 Å². The van der Waals surface area contributed by atoms with Gasteiger partial charge in [-0.25, -0.2) is 4.68 Å². The minimum absolute atomic E-state index is 0.0692. The van der Waals surface area contributed by atoms with Crippen LogP contribution in [0.1, 0.15) is 30.5 Å². The van der Waals surface area contributed by atoms with Crippen LogP contribution in [0.3, 0.4) is 0 Å². The van der Waals surface area contributed by atoms with Crippen molar-refractivity contribution in [2.24, 2.45) is 5.92 Å². The molecule has 1 aromatic heterocycles. The second-order valence-electron chi connectivity index (χ2n) is 7.31. The number of hydrogen-bond donors (Lipinski definition) is 1. The Bertz CT molecular complexity index is 834. The van der Waals surface area contributed by atoms with E-state index in [0.717, 1.165) is 24.1 Å². The molecule has 0 aliphatic carbocycles. The van der Waals surface area contributed by atoms with Crippen LogP contribution in [0.5, 0.6) is 0 Å². The van der Waals surface area contributed by atoms with E-state index in [0.29, 0.717) is 18.9 Å². The van der Waals surface area contributed by atoms with Gasteiger partial charge < -0.3 is 5.32 Å². The molecule has 1 heterocycles. The third kappa shape index (κ3) is 5.81. The minimum atomic E-state index is 0.0692. The first-order valence-corrected chi connectivity index (χ1v) is 9.53. The molecule has 0 bridgehead atoms. The van der Waals surface area contributed by atoms with E-state index in [1.165, 1.54) is 11.1 Å². The summed E-state index contributed by atoms with van der Waals surface area (Å²) in [5.41, 5.74) is 4.62. The number of carbonyl (C=O) groups excluding carboxylic acids is 1. The fourth-order valence-electron chi connectivity index (χ4n) is 3.10. The summed E-state index contributed by atoms with van der Waals surface area (Å²) in [6, 6.07) is 18.5. The summed E-state index contributed by atoms with van der Waals surface area (Å²) >= 11 is 0. The zero-order valence-corrected chi connectivity index (χ0v) is 16.1. The third-order valence-electron chi connectivity index (χ3n) is 4.47. The van der Waals surface area contributed by atoms with Gasteiger partial charge in [-0.3, -0.25) is 4.79 Å². The Balaban J connectivity index is 1.43. The first-order chi connectivity index (χ1) is 13.1. The average molecular weight is 361 g/mol. The molecule has 1 N–H and O–H groups in total. The van der Waals surface area contributed by atoms with Crippen LogP contribution >= 0.6 is 0 Å². The van der Waals surface area contributed by atoms with Crippen LogP contribution in [0.2, 0.25) is 0 Å². The molecule has 0 saturated heterocycles. The zero-order chi connectivity index (χ0) is 19.1. The van der Waals surface area contributed by atoms with Crippen molar-refractivity contribution in [1.29, 1.82) is 0 Å². The van der Waals surface area contributed by atoms with Crippen LogP contribution in [0.4, 0.5) is 0 Å². The van der Waals surface area contributed by atoms with Crippen LogP contribution in [0, 0.1) is 5.92 Å². The van der Waals surface area contributed by atoms with Crippen LogP contribution < -0.4 is 5.32 Å². The predicted octanol–water partition coefficient (Wildman–Crippen LogP) is 3.97. The highest BCUT2D eigenvalue weighted by atomic mass is 16.1. The quantitative estimate of drug-likeness (QED) is 0.660. The van der Waals surface area contributed by atoms with Gasteiger partial charge >= 0.3 is 0 Å². The van der Waals surface area contributed by atoms with Crippen molar-refractivity contribution in [3.8, 4) is 5.69 Å². The maximum atomic E-state index is 12.2. The second kappa shape index (κ2) is 9.17. The van der Waals surface area contributed by atoms with Gasteiger partial charge in [-0.15, -0.1) is 0 Å². The molecular formula is C23H27N3O. The number of rotatable bonds is 8. The molecule has 0 aliphatic heterocycles. The topological polar surface area (TPSA) is 46.9 Å². The summed E-state index contributed by atoms with van der Waals surface area (Å²) in [5.74, 6) is 0.715. The Labute approximate surface area is 161 Å². The van der Waals surface area contributed by atoms with Gasteiger partial charge in [0.25, 0.3) is 0 Å². The second-order valence-corrected chi connectivity index (χ2v) is 7.31. The summed E-state index contributed by atoms with van der Waals surface area (Å²) in [4.78, 5) is 12.2. The van der Waals surface area contributed by atoms with Crippen LogP contribution in [-0.4, -0.2) is 22.2 Å². The van der Waals surface area contributed by atoms with Gasteiger partial charge in [-0.05, 0) is 53.6 Å². The van der Waals surface area contributed by atoms with E-state index in [2.05, 4.69) is 60.7 Å². The van der Waals surface area contributed by atoms with Gasteiger partial charge in [0.1, 0.15) is 0 Å². The van der Waals surface area contributed by atoms with E-state index >= 15 is 0 Å². The Morgan fingerprint density at radius 2 is 1.67 bits per heavy atom. The Kier molecular flexibility index (Phi) is 6.42. The first kappa shape index (κ1) is 18.9. The number of hydrogen-bond acceptors (Lipinski definition) is 2. The lowest BCUT2D eigenvalue weighted by Gasteiger charge is -2.08. The molecular weight excluding hydrogens is 334 g/mol. The summed E-state index contributed by atoms with van der Waals surface area (Å²) in [6.45, 7) is 5.07. The molecule has 0 atom stereocenters. The molecule has 0 aliphatic rings. The van der Waals surface area contributed by atoms with Gasteiger partial charge in [0, 0.05) is 18.9 Å². The molecule has 0 fully saturated rings. The number of nitrogens with one attached hydrogen (secondary N) is 1. The van der Waals surface area contributed by atoms with E-state index in [4.69, 9.17) is 0 Å². The van der Waals surface area contributed by atoms with Gasteiger partial charge in [0.05, 0.1) is 12.1 Å². The summed E-state index contributed by atoms with van der Waals surface area (Å²) in [7, 11) is 0. The highest BCUT2D eigenvalue weighted by Gasteiger charge is 2.04. The van der Waals surface area contributed by atoms with Gasteiger partial charge in [-0.2, -0.15) is 5.10 Å². The molecule has 4 nitrogen and oxygen atoms in total. The maximum absolute atomic E-state index is 12.2. The molecule has 0 unspecified atom stereocenters. The largest absolute Gasteiger partial charge is 0.355 e. The lowest BCUT2D eigenvalue weighted by atomic mass is 10.0. The standard InChI is InChI=1S/C23H27N3O/c1-18(2)16-20-4-6-21(7-5-20)17-23(27)24-14-12-19-8-10-22(11-9-19)26-15-3-13-25-26/h3-11,13,15,18H,12,14,16-17H2,1-2H3,(H,24,27). The Morgan fingerprint density at radius 3 is 2.30 bits per heavy atom. The first-order valence-electron chi connectivity index (χ1n) is 9.53. The summed E-state index contributed by atoms with van der Waals surface area (Å²) < 4.78 is 1.83. The average Bonchev–Trinajstić information content (AvgIpc) is 3.18. The van der Waals surface area contributed by atoms with Crippen molar-refractivity contribution in [1.82, 2.24) is 15.1 Å². The smallest absolute Gasteiger partial charge is 0.224 e. The molecule has 1 amide bonds. The van der Waals surface area contributed by atoms with Crippen molar-refractivity contribution < 1.29 is 4.79 Å². The number of carbonyl (C=O) groups is 1. The highest BCUT2D eigenvalue weighted by Crippen LogP contribution is 2.11. The lowest BCUT2D eigenvalue weighted by molar-refractivity contribution is -0.120. The molecule has 0 saturated carbocycles. The monoisotopic (exact) mass is 361 g/mol. The predicted molar refractivity (Wildman–Crippen MR) is 109 cm³/mol. The number of benzene rings is 2. The molecule has 4 heteroatoms. The van der Waals surface area contributed by atoms with E-state index in [1.807, 2.05) is 29.1 Å². The zero-order valence-electron chi connectivity index (χ0n) is 16.1. The van der Waals surface area contributed by atoms with Crippen LogP contribution in [0.25, 0.3) is 5.69 Å². The number of amides is 1. The summed E-state index contributed by atoms with van der Waals surface area (Å²) in [6.07, 6.45) is 6.01. The van der Waals surface area contributed by atoms with Crippen LogP contribution in [0.15, 0.2) is 67.0 Å². The van der Waals surface area contributed by atoms with Crippen molar-refractivity contribution in [3.05, 3.63) is 83.7 Å². The fraction of sp³-hybridized carbons (Fsp3) is 0.304. The van der Waals surface area contributed by atoms with Crippen LogP contribution in [-0.2, 0) is 24.1 Å². The molecule has 140 valence electrons. The molecule has 2 aromatic carbocycles. The van der Waals surface area contributed by atoms with E-state index in [9.17, 15) is 4.79 Å². The summed E-state index contributed by atoms with van der Waals surface area (Å²) in [5, 5.41) is 7.23. The molecule has 0 spiro atoms. The normalized spacial score (nSPS) is 10.9. The van der Waals surface area contributed by atoms with Crippen molar-refractivity contribution in [2.75, 3.05) is 6.54 Å². The van der Waals surface area contributed by atoms with E-state index in [1.54, 1.807) is 6.20 Å². The van der Waals surface area contributed by atoms with Gasteiger partial charge in [0.15, 0.2) is 0 Å². The maximum Gasteiger partial charge on any atom is 0.224 e. The minimum Gasteiger partial charge on any atom is -0.355 e. The van der Waals surface area contributed by atoms with E-state index in [-0.39, 0.29) is 5.91 Å². The van der Waals surface area contributed by atoms with Gasteiger partial charge in [-0.1, -0.05) is 50.2 Å². The van der Waals surface area contributed by atoms with E-state index < -0.39 is 0 Å². The Hall–Kier alpha value is -2.88. The van der Waals surface area contributed by atoms with Crippen molar-refractivity contribution >= 4 is 5.91 Å². The Morgan fingerprint density at radius 1 is 1.00 bits per heavy atom. The fourth-order valence-corrected chi connectivity index (χ4v) is 3.10. The molecule has 3 rings (SSSR count). The number of aromatic nitrogens is 2. The molecule has 0 radical (unpaired) electrons. The SMILES string of the molecule is CC(C)Cc1ccc(CC(=O)NCCc2ccc(-n3cccn3)cc2)cc1. The third-order valence-corrected chi connectivity index (χ3v) is 4.47. The molecule has 27 heavy (non-hydrogen) atoms.